The average molecular weight is 307 g/mol. The van der Waals surface area contributed by atoms with Crippen LogP contribution in [0.5, 0.6) is 5.75 Å². The molecule has 0 bridgehead atoms. The summed E-state index contributed by atoms with van der Waals surface area (Å²) < 4.78 is 5.28. The molecular formula is C17H19ClO3. The largest absolute Gasteiger partial charge is 0.496 e. The van der Waals surface area contributed by atoms with Crippen molar-refractivity contribution in [3.63, 3.8) is 0 Å². The van der Waals surface area contributed by atoms with Gasteiger partial charge in [0, 0.05) is 16.5 Å². The van der Waals surface area contributed by atoms with Crippen molar-refractivity contribution < 1.29 is 14.3 Å². The maximum atomic E-state index is 12.9. The third kappa shape index (κ3) is 1.94. The molecule has 2 aliphatic carbocycles. The van der Waals surface area contributed by atoms with Gasteiger partial charge in [-0.3, -0.25) is 9.59 Å². The lowest BCUT2D eigenvalue weighted by atomic mass is 9.72. The summed E-state index contributed by atoms with van der Waals surface area (Å²) in [6.07, 6.45) is 2.45. The van der Waals surface area contributed by atoms with Crippen molar-refractivity contribution in [1.82, 2.24) is 0 Å². The summed E-state index contributed by atoms with van der Waals surface area (Å²) in [5, 5.41) is 0.0763. The number of ether oxygens (including phenoxy) is 1. The molecule has 0 radical (unpaired) electrons. The highest BCUT2D eigenvalue weighted by molar-refractivity contribution is 6.30. The standard InChI is InChI=1S/C17H19ClO3/c1-9-6-12-13(8-14(9)21-3)16(20)17(2,15(12)19)10-4-5-11(18)7-10/h6,8,10-11H,4-5,7H2,1-3H3. The van der Waals surface area contributed by atoms with Gasteiger partial charge in [-0.1, -0.05) is 0 Å². The fraction of sp³-hybridized carbons (Fsp3) is 0.529. The summed E-state index contributed by atoms with van der Waals surface area (Å²) in [5.74, 6) is 0.570. The lowest BCUT2D eigenvalue weighted by Gasteiger charge is -2.27. The fourth-order valence-corrected chi connectivity index (χ4v) is 4.11. The molecule has 0 saturated heterocycles. The summed E-state index contributed by atoms with van der Waals surface area (Å²) in [6, 6.07) is 3.50. The van der Waals surface area contributed by atoms with Crippen LogP contribution in [0.2, 0.25) is 0 Å². The van der Waals surface area contributed by atoms with E-state index in [9.17, 15) is 9.59 Å². The topological polar surface area (TPSA) is 43.4 Å². The Labute approximate surface area is 129 Å². The van der Waals surface area contributed by atoms with Crippen molar-refractivity contribution in [1.29, 1.82) is 0 Å². The van der Waals surface area contributed by atoms with Gasteiger partial charge >= 0.3 is 0 Å². The minimum absolute atomic E-state index is 0.0405. The number of ketones is 2. The van der Waals surface area contributed by atoms with Crippen LogP contribution in [0.25, 0.3) is 0 Å². The van der Waals surface area contributed by atoms with E-state index in [1.54, 1.807) is 26.2 Å². The van der Waals surface area contributed by atoms with E-state index in [-0.39, 0.29) is 22.9 Å². The molecule has 0 amide bonds. The molecule has 112 valence electrons. The van der Waals surface area contributed by atoms with Crippen molar-refractivity contribution in [2.24, 2.45) is 11.3 Å². The third-order valence-electron chi connectivity index (χ3n) is 5.15. The molecule has 0 heterocycles. The van der Waals surface area contributed by atoms with Crippen molar-refractivity contribution in [3.8, 4) is 5.75 Å². The lowest BCUT2D eigenvalue weighted by Crippen LogP contribution is -2.37. The first-order chi connectivity index (χ1) is 9.89. The van der Waals surface area contributed by atoms with E-state index in [1.807, 2.05) is 6.92 Å². The molecule has 3 atom stereocenters. The second kappa shape index (κ2) is 4.84. The molecule has 0 aromatic heterocycles. The second-order valence-corrected chi connectivity index (χ2v) is 6.95. The summed E-state index contributed by atoms with van der Waals surface area (Å²) in [5.41, 5.74) is 0.968. The highest BCUT2D eigenvalue weighted by atomic mass is 35.5. The van der Waals surface area contributed by atoms with E-state index < -0.39 is 5.41 Å². The smallest absolute Gasteiger partial charge is 0.177 e. The predicted molar refractivity (Wildman–Crippen MR) is 81.5 cm³/mol. The first-order valence-electron chi connectivity index (χ1n) is 7.32. The van der Waals surface area contributed by atoms with E-state index in [0.717, 1.165) is 24.8 Å². The molecule has 0 N–H and O–H groups in total. The Bertz CT molecular complexity index is 637. The highest BCUT2D eigenvalue weighted by Crippen LogP contribution is 2.50. The van der Waals surface area contributed by atoms with Crippen LogP contribution in [0.3, 0.4) is 0 Å². The molecule has 0 spiro atoms. The lowest BCUT2D eigenvalue weighted by molar-refractivity contribution is 0.0624. The van der Waals surface area contributed by atoms with Crippen molar-refractivity contribution in [3.05, 3.63) is 28.8 Å². The van der Waals surface area contributed by atoms with Crippen LogP contribution < -0.4 is 4.74 Å². The number of benzene rings is 1. The quantitative estimate of drug-likeness (QED) is 0.616. The predicted octanol–water partition coefficient (Wildman–Crippen LogP) is 3.80. The third-order valence-corrected chi connectivity index (χ3v) is 5.55. The molecular weight excluding hydrogens is 288 g/mol. The molecule has 1 aromatic rings. The zero-order valence-electron chi connectivity index (χ0n) is 12.5. The number of aryl methyl sites for hydroxylation is 1. The number of halogens is 1. The number of methoxy groups -OCH3 is 1. The molecule has 1 aromatic carbocycles. The minimum atomic E-state index is -0.954. The van der Waals surface area contributed by atoms with Gasteiger partial charge in [-0.15, -0.1) is 11.6 Å². The minimum Gasteiger partial charge on any atom is -0.496 e. The first kappa shape index (κ1) is 14.6. The Hall–Kier alpha value is -1.35. The molecule has 2 aliphatic rings. The van der Waals surface area contributed by atoms with Gasteiger partial charge < -0.3 is 4.74 Å². The molecule has 3 nitrogen and oxygen atoms in total. The molecule has 4 heteroatoms. The second-order valence-electron chi connectivity index (χ2n) is 6.34. The van der Waals surface area contributed by atoms with Crippen LogP contribution in [0.15, 0.2) is 12.1 Å². The number of carbonyl (C=O) groups excluding carboxylic acids is 2. The van der Waals surface area contributed by atoms with Crippen LogP contribution in [0, 0.1) is 18.3 Å². The Morgan fingerprint density at radius 3 is 2.33 bits per heavy atom. The van der Waals surface area contributed by atoms with E-state index in [1.165, 1.54) is 0 Å². The van der Waals surface area contributed by atoms with Crippen LogP contribution in [0.1, 0.15) is 52.5 Å². The number of carbonyl (C=O) groups is 2. The summed E-state index contributed by atoms with van der Waals surface area (Å²) in [7, 11) is 1.57. The maximum absolute atomic E-state index is 12.9. The summed E-state index contributed by atoms with van der Waals surface area (Å²) in [6.45, 7) is 3.68. The van der Waals surface area contributed by atoms with Crippen LogP contribution in [-0.2, 0) is 0 Å². The molecule has 3 rings (SSSR count). The number of Topliss-reactive ketones (excluding diaryl/α,β-unsaturated/α-hetero) is 2. The first-order valence-corrected chi connectivity index (χ1v) is 7.75. The summed E-state index contributed by atoms with van der Waals surface area (Å²) in [4.78, 5) is 25.8. The van der Waals surface area contributed by atoms with Gasteiger partial charge in [0.25, 0.3) is 0 Å². The van der Waals surface area contributed by atoms with E-state index in [0.29, 0.717) is 16.9 Å². The van der Waals surface area contributed by atoms with Gasteiger partial charge in [-0.05, 0) is 56.7 Å². The molecule has 3 unspecified atom stereocenters. The van der Waals surface area contributed by atoms with Gasteiger partial charge in [-0.2, -0.15) is 0 Å². The SMILES string of the molecule is COc1cc2c(cc1C)C(=O)C(C)(C1CCC(Cl)C1)C2=O. The van der Waals surface area contributed by atoms with Crippen molar-refractivity contribution >= 4 is 23.2 Å². The Balaban J connectivity index is 2.08. The number of rotatable bonds is 2. The van der Waals surface area contributed by atoms with Gasteiger partial charge in [0.15, 0.2) is 11.6 Å². The van der Waals surface area contributed by atoms with Gasteiger partial charge in [0.05, 0.1) is 12.5 Å². The number of hydrogen-bond acceptors (Lipinski definition) is 3. The number of fused-ring (bicyclic) bond motifs is 1. The maximum Gasteiger partial charge on any atom is 0.177 e. The number of alkyl halides is 1. The fourth-order valence-electron chi connectivity index (χ4n) is 3.77. The monoisotopic (exact) mass is 306 g/mol. The van der Waals surface area contributed by atoms with Crippen LogP contribution in [-0.4, -0.2) is 24.1 Å². The van der Waals surface area contributed by atoms with Crippen molar-refractivity contribution in [2.75, 3.05) is 7.11 Å². The van der Waals surface area contributed by atoms with E-state index in [2.05, 4.69) is 0 Å². The van der Waals surface area contributed by atoms with Crippen LogP contribution >= 0.6 is 11.6 Å². The molecule has 1 fully saturated rings. The van der Waals surface area contributed by atoms with Crippen molar-refractivity contribution in [2.45, 2.75) is 38.5 Å². The Kier molecular flexibility index (Phi) is 3.36. The molecule has 21 heavy (non-hydrogen) atoms. The molecule has 0 aliphatic heterocycles. The summed E-state index contributed by atoms with van der Waals surface area (Å²) >= 11 is 6.18. The highest BCUT2D eigenvalue weighted by Gasteiger charge is 2.55. The van der Waals surface area contributed by atoms with Gasteiger partial charge in [0.1, 0.15) is 5.75 Å². The zero-order chi connectivity index (χ0) is 15.4. The molecule has 1 saturated carbocycles. The van der Waals surface area contributed by atoms with E-state index >= 15 is 0 Å². The Morgan fingerprint density at radius 1 is 1.19 bits per heavy atom. The normalized spacial score (nSPS) is 31.6. The number of hydrogen-bond donors (Lipinski definition) is 0. The van der Waals surface area contributed by atoms with Crippen LogP contribution in [0.4, 0.5) is 0 Å². The average Bonchev–Trinajstić information content (AvgIpc) is 2.97. The zero-order valence-corrected chi connectivity index (χ0v) is 13.3. The van der Waals surface area contributed by atoms with E-state index in [4.69, 9.17) is 16.3 Å². The van der Waals surface area contributed by atoms with Gasteiger partial charge in [-0.25, -0.2) is 0 Å². The van der Waals surface area contributed by atoms with Gasteiger partial charge in [0.2, 0.25) is 0 Å². The Morgan fingerprint density at radius 2 is 1.81 bits per heavy atom.